The highest BCUT2D eigenvalue weighted by atomic mass is 79.9. The van der Waals surface area contributed by atoms with Crippen LogP contribution in [0.2, 0.25) is 5.02 Å². The van der Waals surface area contributed by atoms with Gasteiger partial charge in [-0.3, -0.25) is 9.89 Å². The molecule has 0 bridgehead atoms. The monoisotopic (exact) mass is 389 g/mol. The molecule has 0 aliphatic heterocycles. The molecular weight excluding hydrogens is 378 g/mol. The van der Waals surface area contributed by atoms with Crippen molar-refractivity contribution in [1.29, 1.82) is 0 Å². The molecule has 0 spiro atoms. The Morgan fingerprint density at radius 2 is 1.91 bits per heavy atom. The van der Waals surface area contributed by atoms with Crippen molar-refractivity contribution in [2.45, 2.75) is 6.92 Å². The molecule has 6 heteroatoms. The molecule has 23 heavy (non-hydrogen) atoms. The second kappa shape index (κ2) is 6.56. The number of nitrogens with zero attached hydrogens (tertiary/aromatic N) is 1. The van der Waals surface area contributed by atoms with Gasteiger partial charge >= 0.3 is 0 Å². The fourth-order valence-corrected chi connectivity index (χ4v) is 2.77. The molecule has 116 valence electrons. The largest absolute Gasteiger partial charge is 0.320 e. The quantitative estimate of drug-likeness (QED) is 0.657. The van der Waals surface area contributed by atoms with Crippen LogP contribution in [0.25, 0.3) is 11.3 Å². The van der Waals surface area contributed by atoms with Gasteiger partial charge in [0.15, 0.2) is 0 Å². The van der Waals surface area contributed by atoms with E-state index in [1.165, 1.54) is 0 Å². The molecule has 2 N–H and O–H groups in total. The summed E-state index contributed by atoms with van der Waals surface area (Å²) < 4.78 is 0.972. The maximum atomic E-state index is 12.3. The number of aromatic amines is 1. The molecule has 0 radical (unpaired) electrons. The minimum Gasteiger partial charge on any atom is -0.320 e. The van der Waals surface area contributed by atoms with Crippen LogP contribution in [0, 0.1) is 6.92 Å². The molecule has 4 nitrogen and oxygen atoms in total. The van der Waals surface area contributed by atoms with Crippen LogP contribution in [0.15, 0.2) is 53.0 Å². The van der Waals surface area contributed by atoms with Crippen LogP contribution >= 0.6 is 27.5 Å². The first-order chi connectivity index (χ1) is 11.0. The lowest BCUT2D eigenvalue weighted by Gasteiger charge is -2.07. The van der Waals surface area contributed by atoms with Gasteiger partial charge in [-0.2, -0.15) is 5.10 Å². The molecule has 0 aliphatic rings. The number of aromatic nitrogens is 2. The standard InChI is InChI=1S/C17H13BrClN3O/c1-10-8-12(18)4-7-14(10)20-17(23)16-9-15(21-22-16)11-2-5-13(19)6-3-11/h2-9H,1H3,(H,20,23)(H,21,22). The molecule has 0 unspecified atom stereocenters. The highest BCUT2D eigenvalue weighted by molar-refractivity contribution is 9.10. The number of carbonyl (C=O) groups excluding carboxylic acids is 1. The summed E-state index contributed by atoms with van der Waals surface area (Å²) in [6.45, 7) is 1.94. The Morgan fingerprint density at radius 3 is 2.61 bits per heavy atom. The number of hydrogen-bond acceptors (Lipinski definition) is 2. The summed E-state index contributed by atoms with van der Waals surface area (Å²) in [5.41, 5.74) is 3.73. The Morgan fingerprint density at radius 1 is 1.17 bits per heavy atom. The smallest absolute Gasteiger partial charge is 0.273 e. The van der Waals surface area contributed by atoms with Crippen LogP contribution in [-0.2, 0) is 0 Å². The zero-order valence-corrected chi connectivity index (χ0v) is 14.6. The van der Waals surface area contributed by atoms with E-state index < -0.39 is 0 Å². The van der Waals surface area contributed by atoms with Crippen molar-refractivity contribution in [3.8, 4) is 11.3 Å². The zero-order chi connectivity index (χ0) is 16.4. The summed E-state index contributed by atoms with van der Waals surface area (Å²) in [6.07, 6.45) is 0. The highest BCUT2D eigenvalue weighted by Gasteiger charge is 2.12. The average Bonchev–Trinajstić information content (AvgIpc) is 3.01. The van der Waals surface area contributed by atoms with E-state index in [1.807, 2.05) is 37.3 Å². The fourth-order valence-electron chi connectivity index (χ4n) is 2.16. The van der Waals surface area contributed by atoms with E-state index in [0.717, 1.165) is 21.3 Å². The molecule has 0 aliphatic carbocycles. The van der Waals surface area contributed by atoms with E-state index in [-0.39, 0.29) is 5.91 Å². The van der Waals surface area contributed by atoms with Crippen LogP contribution in [-0.4, -0.2) is 16.1 Å². The van der Waals surface area contributed by atoms with Gasteiger partial charge in [0, 0.05) is 20.7 Å². The van der Waals surface area contributed by atoms with Gasteiger partial charge in [0.25, 0.3) is 5.91 Å². The summed E-state index contributed by atoms with van der Waals surface area (Å²) in [6, 6.07) is 14.7. The van der Waals surface area contributed by atoms with Gasteiger partial charge in [-0.15, -0.1) is 0 Å². The summed E-state index contributed by atoms with van der Waals surface area (Å²) in [7, 11) is 0. The van der Waals surface area contributed by atoms with Crippen molar-refractivity contribution >= 4 is 39.1 Å². The number of nitrogens with one attached hydrogen (secondary N) is 2. The van der Waals surface area contributed by atoms with Gasteiger partial charge in [0.1, 0.15) is 5.69 Å². The fraction of sp³-hybridized carbons (Fsp3) is 0.0588. The Bertz CT molecular complexity index is 859. The molecule has 0 saturated carbocycles. The van der Waals surface area contributed by atoms with Crippen molar-refractivity contribution < 1.29 is 4.79 Å². The minimum absolute atomic E-state index is 0.233. The van der Waals surface area contributed by atoms with Crippen LogP contribution in [0.5, 0.6) is 0 Å². The number of halogens is 2. The molecule has 1 amide bonds. The number of rotatable bonds is 3. The first kappa shape index (κ1) is 15.8. The third-order valence-electron chi connectivity index (χ3n) is 3.40. The van der Waals surface area contributed by atoms with Gasteiger partial charge in [0.05, 0.1) is 5.69 Å². The average molecular weight is 391 g/mol. The lowest BCUT2D eigenvalue weighted by atomic mass is 10.1. The summed E-state index contributed by atoms with van der Waals surface area (Å²) in [4.78, 5) is 12.3. The van der Waals surface area contributed by atoms with Crippen molar-refractivity contribution in [3.05, 3.63) is 69.3 Å². The topological polar surface area (TPSA) is 57.8 Å². The van der Waals surface area contributed by atoms with Crippen LogP contribution in [0.4, 0.5) is 5.69 Å². The van der Waals surface area contributed by atoms with Crippen LogP contribution in [0.1, 0.15) is 16.1 Å². The Kier molecular flexibility index (Phi) is 4.50. The molecule has 0 fully saturated rings. The van der Waals surface area contributed by atoms with Crippen LogP contribution < -0.4 is 5.32 Å². The SMILES string of the molecule is Cc1cc(Br)ccc1NC(=O)c1cc(-c2ccc(Cl)cc2)n[nH]1. The third kappa shape index (κ3) is 3.63. The maximum absolute atomic E-state index is 12.3. The molecule has 0 saturated heterocycles. The Labute approximate surface area is 147 Å². The van der Waals surface area contributed by atoms with Gasteiger partial charge in [-0.25, -0.2) is 0 Å². The second-order valence-electron chi connectivity index (χ2n) is 5.09. The van der Waals surface area contributed by atoms with Gasteiger partial charge in [0.2, 0.25) is 0 Å². The van der Waals surface area contributed by atoms with Crippen molar-refractivity contribution in [2.75, 3.05) is 5.32 Å². The van der Waals surface area contributed by atoms with E-state index in [2.05, 4.69) is 31.4 Å². The Balaban J connectivity index is 1.79. The van der Waals surface area contributed by atoms with Gasteiger partial charge < -0.3 is 5.32 Å². The number of benzene rings is 2. The first-order valence-corrected chi connectivity index (χ1v) is 8.09. The molecule has 1 heterocycles. The molecular formula is C17H13BrClN3O. The minimum atomic E-state index is -0.233. The highest BCUT2D eigenvalue weighted by Crippen LogP contribution is 2.22. The summed E-state index contributed by atoms with van der Waals surface area (Å²) in [5, 5.41) is 10.5. The maximum Gasteiger partial charge on any atom is 0.273 e. The second-order valence-corrected chi connectivity index (χ2v) is 6.44. The molecule has 1 aromatic heterocycles. The van der Waals surface area contributed by atoms with Crippen molar-refractivity contribution in [3.63, 3.8) is 0 Å². The van der Waals surface area contributed by atoms with E-state index in [4.69, 9.17) is 11.6 Å². The van der Waals surface area contributed by atoms with Crippen molar-refractivity contribution in [1.82, 2.24) is 10.2 Å². The van der Waals surface area contributed by atoms with Gasteiger partial charge in [-0.05, 0) is 48.9 Å². The van der Waals surface area contributed by atoms with E-state index in [1.54, 1.807) is 18.2 Å². The number of hydrogen-bond donors (Lipinski definition) is 2. The predicted octanol–water partition coefficient (Wildman–Crippen LogP) is 5.05. The van der Waals surface area contributed by atoms with E-state index in [9.17, 15) is 4.79 Å². The predicted molar refractivity (Wildman–Crippen MR) is 95.9 cm³/mol. The number of aryl methyl sites for hydroxylation is 1. The lowest BCUT2D eigenvalue weighted by Crippen LogP contribution is -2.13. The van der Waals surface area contributed by atoms with Gasteiger partial charge in [-0.1, -0.05) is 39.7 Å². The molecule has 3 aromatic rings. The number of carbonyl (C=O) groups is 1. The number of anilines is 1. The third-order valence-corrected chi connectivity index (χ3v) is 4.14. The molecule has 0 atom stereocenters. The van der Waals surface area contributed by atoms with E-state index in [0.29, 0.717) is 16.4 Å². The molecule has 2 aromatic carbocycles. The van der Waals surface area contributed by atoms with E-state index >= 15 is 0 Å². The summed E-state index contributed by atoms with van der Waals surface area (Å²) in [5.74, 6) is -0.233. The lowest BCUT2D eigenvalue weighted by molar-refractivity contribution is 0.102. The van der Waals surface area contributed by atoms with Crippen molar-refractivity contribution in [2.24, 2.45) is 0 Å². The zero-order valence-electron chi connectivity index (χ0n) is 12.2. The summed E-state index contributed by atoms with van der Waals surface area (Å²) >= 11 is 9.28. The first-order valence-electron chi connectivity index (χ1n) is 6.92. The number of H-pyrrole nitrogens is 1. The Hall–Kier alpha value is -2.11. The number of amides is 1. The molecule has 3 rings (SSSR count). The normalized spacial score (nSPS) is 10.6. The van der Waals surface area contributed by atoms with Crippen LogP contribution in [0.3, 0.4) is 0 Å².